The number of carbonyl (C=O) groups is 2. The highest BCUT2D eigenvalue weighted by atomic mass is 16.4. The van der Waals surface area contributed by atoms with Crippen molar-refractivity contribution in [3.8, 4) is 0 Å². The molecule has 1 aromatic rings. The monoisotopic (exact) mass is 179 g/mol. The molecule has 1 aliphatic rings. The fourth-order valence-electron chi connectivity index (χ4n) is 1.52. The van der Waals surface area contributed by atoms with Crippen molar-refractivity contribution in [1.82, 2.24) is 0 Å². The molecule has 0 bridgehead atoms. The molecular weight excluding hydrogens is 170 g/mol. The van der Waals surface area contributed by atoms with Crippen molar-refractivity contribution >= 4 is 11.7 Å². The lowest BCUT2D eigenvalue weighted by atomic mass is 9.97. The van der Waals surface area contributed by atoms with E-state index in [2.05, 4.69) is 0 Å². The number of rotatable bonds is 1. The summed E-state index contributed by atoms with van der Waals surface area (Å²) in [4.78, 5) is 22.1. The van der Waals surface area contributed by atoms with Crippen LogP contribution in [0.2, 0.25) is 0 Å². The average Bonchev–Trinajstić information content (AvgIpc) is 2.49. The van der Waals surface area contributed by atoms with E-state index >= 15 is 0 Å². The van der Waals surface area contributed by atoms with Gasteiger partial charge in [-0.25, -0.2) is 0 Å². The van der Waals surface area contributed by atoms with Gasteiger partial charge in [0, 0.05) is 18.9 Å². The Labute approximate surface area is 74.7 Å². The van der Waals surface area contributed by atoms with Crippen molar-refractivity contribution < 1.29 is 14.0 Å². The molecular formula is C9H9NO3. The molecule has 0 saturated carbocycles. The summed E-state index contributed by atoms with van der Waals surface area (Å²) in [5.74, 6) is 0.102. The van der Waals surface area contributed by atoms with Gasteiger partial charge in [0.05, 0.1) is 5.56 Å². The highest BCUT2D eigenvalue weighted by Gasteiger charge is 2.23. The minimum Gasteiger partial charge on any atom is -0.455 e. The third-order valence-electron chi connectivity index (χ3n) is 2.16. The zero-order valence-electron chi connectivity index (χ0n) is 7.00. The van der Waals surface area contributed by atoms with Crippen molar-refractivity contribution in [2.24, 2.45) is 5.73 Å². The van der Waals surface area contributed by atoms with E-state index in [-0.39, 0.29) is 11.5 Å². The number of nitrogens with two attached hydrogens (primary N) is 1. The molecule has 2 rings (SSSR count). The number of primary amides is 1. The number of hydrogen-bond acceptors (Lipinski definition) is 3. The smallest absolute Gasteiger partial charge is 0.284 e. The van der Waals surface area contributed by atoms with Gasteiger partial charge in [0.25, 0.3) is 5.91 Å². The molecule has 0 spiro atoms. The molecule has 1 amide bonds. The van der Waals surface area contributed by atoms with E-state index in [4.69, 9.17) is 10.2 Å². The van der Waals surface area contributed by atoms with E-state index in [1.54, 1.807) is 0 Å². The highest BCUT2D eigenvalue weighted by molar-refractivity contribution is 6.00. The summed E-state index contributed by atoms with van der Waals surface area (Å²) >= 11 is 0. The molecule has 0 aromatic carbocycles. The maximum atomic E-state index is 11.3. The van der Waals surface area contributed by atoms with Gasteiger partial charge >= 0.3 is 0 Å². The summed E-state index contributed by atoms with van der Waals surface area (Å²) in [6.45, 7) is 0. The molecule has 0 unspecified atom stereocenters. The fourth-order valence-corrected chi connectivity index (χ4v) is 1.52. The molecule has 0 aliphatic heterocycles. The molecule has 13 heavy (non-hydrogen) atoms. The van der Waals surface area contributed by atoms with Crippen LogP contribution in [0.5, 0.6) is 0 Å². The maximum absolute atomic E-state index is 11.3. The van der Waals surface area contributed by atoms with Gasteiger partial charge in [-0.3, -0.25) is 9.59 Å². The van der Waals surface area contributed by atoms with Crippen molar-refractivity contribution in [3.05, 3.63) is 23.2 Å². The summed E-state index contributed by atoms with van der Waals surface area (Å²) < 4.78 is 5.14. The second kappa shape index (κ2) is 2.73. The first-order valence-corrected chi connectivity index (χ1v) is 4.14. The first-order valence-electron chi connectivity index (χ1n) is 4.14. The fraction of sp³-hybridized carbons (Fsp3) is 0.333. The Morgan fingerprint density at radius 3 is 2.85 bits per heavy atom. The van der Waals surface area contributed by atoms with Gasteiger partial charge in [-0.2, -0.15) is 0 Å². The standard InChI is InChI=1S/C9H9NO3/c10-9(12)8-4-5-6(11)2-1-3-7(5)13-8/h4H,1-3H2,(H2,10,12). The van der Waals surface area contributed by atoms with Crippen LogP contribution in [0.4, 0.5) is 0 Å². The lowest BCUT2D eigenvalue weighted by molar-refractivity contribution is 0.0956. The van der Waals surface area contributed by atoms with Gasteiger partial charge in [-0.1, -0.05) is 0 Å². The zero-order chi connectivity index (χ0) is 9.42. The molecule has 1 aromatic heterocycles. The Bertz CT molecular complexity index is 378. The van der Waals surface area contributed by atoms with Crippen LogP contribution in [-0.4, -0.2) is 11.7 Å². The SMILES string of the molecule is NC(=O)c1cc2c(o1)CCCC2=O. The minimum absolute atomic E-state index is 0.0394. The van der Waals surface area contributed by atoms with Gasteiger partial charge in [0.1, 0.15) is 5.76 Å². The predicted octanol–water partition coefficient (Wildman–Crippen LogP) is 0.898. The molecule has 1 heterocycles. The first kappa shape index (κ1) is 8.04. The summed E-state index contributed by atoms with van der Waals surface area (Å²) in [7, 11) is 0. The summed E-state index contributed by atoms with van der Waals surface area (Å²) in [6.07, 6.45) is 2.04. The number of amides is 1. The maximum Gasteiger partial charge on any atom is 0.284 e. The Kier molecular flexibility index (Phi) is 1.69. The van der Waals surface area contributed by atoms with E-state index in [0.29, 0.717) is 24.2 Å². The van der Waals surface area contributed by atoms with E-state index in [1.165, 1.54) is 6.07 Å². The van der Waals surface area contributed by atoms with Crippen LogP contribution in [-0.2, 0) is 6.42 Å². The van der Waals surface area contributed by atoms with Crippen molar-refractivity contribution in [3.63, 3.8) is 0 Å². The summed E-state index contributed by atoms with van der Waals surface area (Å²) in [6, 6.07) is 1.44. The Morgan fingerprint density at radius 1 is 1.46 bits per heavy atom. The molecule has 0 saturated heterocycles. The first-order chi connectivity index (χ1) is 6.18. The number of fused-ring (bicyclic) bond motifs is 1. The van der Waals surface area contributed by atoms with Crippen LogP contribution >= 0.6 is 0 Å². The molecule has 0 atom stereocenters. The molecule has 4 heteroatoms. The van der Waals surface area contributed by atoms with E-state index in [0.717, 1.165) is 6.42 Å². The summed E-state index contributed by atoms with van der Waals surface area (Å²) in [5, 5.41) is 0. The van der Waals surface area contributed by atoms with Crippen molar-refractivity contribution in [2.75, 3.05) is 0 Å². The van der Waals surface area contributed by atoms with Crippen molar-refractivity contribution in [2.45, 2.75) is 19.3 Å². The molecule has 0 radical (unpaired) electrons. The molecule has 4 nitrogen and oxygen atoms in total. The molecule has 1 aliphatic carbocycles. The normalized spacial score (nSPS) is 15.5. The van der Waals surface area contributed by atoms with E-state index in [9.17, 15) is 9.59 Å². The van der Waals surface area contributed by atoms with Gasteiger partial charge in [0.15, 0.2) is 11.5 Å². The van der Waals surface area contributed by atoms with Gasteiger partial charge < -0.3 is 10.2 Å². The van der Waals surface area contributed by atoms with Crippen LogP contribution in [0.3, 0.4) is 0 Å². The van der Waals surface area contributed by atoms with Gasteiger partial charge in [0.2, 0.25) is 0 Å². The van der Waals surface area contributed by atoms with E-state index < -0.39 is 5.91 Å². The topological polar surface area (TPSA) is 73.3 Å². The second-order valence-corrected chi connectivity index (χ2v) is 3.09. The molecule has 68 valence electrons. The number of ketones is 1. The van der Waals surface area contributed by atoms with Crippen molar-refractivity contribution in [1.29, 1.82) is 0 Å². The van der Waals surface area contributed by atoms with E-state index in [1.807, 2.05) is 0 Å². The number of Topliss-reactive ketones (excluding diaryl/α,β-unsaturated/α-hetero) is 1. The largest absolute Gasteiger partial charge is 0.455 e. The number of furan rings is 1. The quantitative estimate of drug-likeness (QED) is 0.695. The Morgan fingerprint density at radius 2 is 2.23 bits per heavy atom. The third-order valence-corrected chi connectivity index (χ3v) is 2.16. The van der Waals surface area contributed by atoms with Gasteiger partial charge in [-0.15, -0.1) is 0 Å². The second-order valence-electron chi connectivity index (χ2n) is 3.09. The number of carbonyl (C=O) groups excluding carboxylic acids is 2. The van der Waals surface area contributed by atoms with Crippen LogP contribution in [0.25, 0.3) is 0 Å². The molecule has 0 fully saturated rings. The number of aryl methyl sites for hydroxylation is 1. The molecule has 2 N–H and O–H groups in total. The number of hydrogen-bond donors (Lipinski definition) is 1. The van der Waals surface area contributed by atoms with Crippen LogP contribution in [0, 0.1) is 0 Å². The third kappa shape index (κ3) is 1.24. The zero-order valence-corrected chi connectivity index (χ0v) is 7.00. The van der Waals surface area contributed by atoms with Crippen LogP contribution in [0.1, 0.15) is 39.5 Å². The minimum atomic E-state index is -0.623. The average molecular weight is 179 g/mol. The highest BCUT2D eigenvalue weighted by Crippen LogP contribution is 2.24. The summed E-state index contributed by atoms with van der Waals surface area (Å²) in [5.41, 5.74) is 5.56. The van der Waals surface area contributed by atoms with Crippen LogP contribution in [0.15, 0.2) is 10.5 Å². The van der Waals surface area contributed by atoms with Gasteiger partial charge in [-0.05, 0) is 6.42 Å². The van der Waals surface area contributed by atoms with Crippen LogP contribution < -0.4 is 5.73 Å². The Balaban J connectivity index is 2.48. The lowest BCUT2D eigenvalue weighted by Crippen LogP contribution is -2.09. The predicted molar refractivity (Wildman–Crippen MR) is 44.5 cm³/mol. The lowest BCUT2D eigenvalue weighted by Gasteiger charge is -2.06. The Hall–Kier alpha value is -1.58.